The Kier molecular flexibility index (Phi) is 5.92. The number of carbonyl (C=O) groups is 1. The van der Waals surface area contributed by atoms with Crippen LogP contribution in [0.3, 0.4) is 0 Å². The van der Waals surface area contributed by atoms with Crippen LogP contribution in [0.5, 0.6) is 5.75 Å². The Hall–Kier alpha value is -3.52. The van der Waals surface area contributed by atoms with Gasteiger partial charge in [0.15, 0.2) is 0 Å². The number of hydrogen-bond acceptors (Lipinski definition) is 6. The van der Waals surface area contributed by atoms with Gasteiger partial charge in [0.25, 0.3) is 5.91 Å². The lowest BCUT2D eigenvalue weighted by Gasteiger charge is -2.19. The van der Waals surface area contributed by atoms with Crippen molar-refractivity contribution in [2.45, 2.75) is 19.2 Å². The third kappa shape index (κ3) is 5.05. The van der Waals surface area contributed by atoms with Gasteiger partial charge in [0.1, 0.15) is 25.0 Å². The van der Waals surface area contributed by atoms with Gasteiger partial charge in [0.2, 0.25) is 0 Å². The second-order valence-electron chi connectivity index (χ2n) is 6.35. The van der Waals surface area contributed by atoms with Crippen molar-refractivity contribution in [3.63, 3.8) is 0 Å². The molecular formula is C21H19N5O2S. The van der Waals surface area contributed by atoms with Crippen LogP contribution in [0.2, 0.25) is 0 Å². The molecule has 29 heavy (non-hydrogen) atoms. The van der Waals surface area contributed by atoms with Gasteiger partial charge in [-0.2, -0.15) is 5.10 Å². The van der Waals surface area contributed by atoms with Gasteiger partial charge in [0, 0.05) is 10.9 Å². The molecule has 1 amide bonds. The topological polar surface area (TPSA) is 81.9 Å². The maximum Gasteiger partial charge on any atom is 0.251 e. The van der Waals surface area contributed by atoms with Gasteiger partial charge in [-0.25, -0.2) is 9.97 Å². The van der Waals surface area contributed by atoms with Crippen molar-refractivity contribution >= 4 is 17.2 Å². The average Bonchev–Trinajstić information content (AvgIpc) is 3.47. The van der Waals surface area contributed by atoms with E-state index in [1.165, 1.54) is 17.7 Å². The van der Waals surface area contributed by atoms with Crippen LogP contribution in [-0.2, 0) is 13.2 Å². The zero-order valence-electron chi connectivity index (χ0n) is 15.5. The summed E-state index contributed by atoms with van der Waals surface area (Å²) in [6.07, 6.45) is 3.11. The molecule has 2 aromatic heterocycles. The van der Waals surface area contributed by atoms with Crippen LogP contribution in [-0.4, -0.2) is 25.7 Å². The van der Waals surface area contributed by atoms with Crippen LogP contribution in [0.25, 0.3) is 0 Å². The van der Waals surface area contributed by atoms with Crippen molar-refractivity contribution in [1.82, 2.24) is 25.1 Å². The van der Waals surface area contributed by atoms with Gasteiger partial charge >= 0.3 is 0 Å². The standard InChI is InChI=1S/C21H19N5O2S/c27-21(17-7-4-8-19(9-17)28-11-18-12-29-15-23-18)25-20(10-26-14-22-13-24-26)16-5-2-1-3-6-16/h1-9,12-15,20H,10-11H2,(H,25,27). The van der Waals surface area contributed by atoms with Gasteiger partial charge < -0.3 is 10.1 Å². The van der Waals surface area contributed by atoms with Crippen LogP contribution >= 0.6 is 11.3 Å². The van der Waals surface area contributed by atoms with E-state index in [0.29, 0.717) is 24.5 Å². The van der Waals surface area contributed by atoms with Gasteiger partial charge in [-0.3, -0.25) is 9.48 Å². The van der Waals surface area contributed by atoms with Crippen LogP contribution in [0.15, 0.2) is 78.1 Å². The molecule has 0 bridgehead atoms. The second-order valence-corrected chi connectivity index (χ2v) is 7.07. The number of thiazole rings is 1. The molecule has 0 aliphatic carbocycles. The van der Waals surface area contributed by atoms with Crippen molar-refractivity contribution in [3.05, 3.63) is 95.0 Å². The third-order valence-electron chi connectivity index (χ3n) is 4.31. The molecule has 0 aliphatic heterocycles. The summed E-state index contributed by atoms with van der Waals surface area (Å²) in [4.78, 5) is 21.1. The smallest absolute Gasteiger partial charge is 0.251 e. The Morgan fingerprint density at radius 2 is 2.07 bits per heavy atom. The summed E-state index contributed by atoms with van der Waals surface area (Å²) in [5.41, 5.74) is 4.15. The molecule has 7 nitrogen and oxygen atoms in total. The van der Waals surface area contributed by atoms with Crippen LogP contribution in [0, 0.1) is 0 Å². The zero-order chi connectivity index (χ0) is 19.9. The molecule has 0 radical (unpaired) electrons. The maximum atomic E-state index is 12.9. The number of nitrogens with one attached hydrogen (secondary N) is 1. The first-order valence-electron chi connectivity index (χ1n) is 9.06. The normalized spacial score (nSPS) is 11.7. The monoisotopic (exact) mass is 405 g/mol. The first-order valence-corrected chi connectivity index (χ1v) is 10.0. The highest BCUT2D eigenvalue weighted by atomic mass is 32.1. The van der Waals surface area contributed by atoms with Gasteiger partial charge in [-0.1, -0.05) is 36.4 Å². The van der Waals surface area contributed by atoms with E-state index in [2.05, 4.69) is 20.4 Å². The fourth-order valence-electron chi connectivity index (χ4n) is 2.87. The lowest BCUT2D eigenvalue weighted by atomic mass is 10.1. The Bertz CT molecular complexity index is 1040. The predicted molar refractivity (Wildman–Crippen MR) is 110 cm³/mol. The Morgan fingerprint density at radius 1 is 1.17 bits per heavy atom. The molecule has 1 N–H and O–H groups in total. The molecule has 4 aromatic rings. The van der Waals surface area contributed by atoms with E-state index in [-0.39, 0.29) is 11.9 Å². The first kappa shape index (κ1) is 18.8. The SMILES string of the molecule is O=C(NC(Cn1cncn1)c1ccccc1)c1cccc(OCc2cscn2)c1. The Labute approximate surface area is 172 Å². The zero-order valence-corrected chi connectivity index (χ0v) is 16.3. The number of amides is 1. The largest absolute Gasteiger partial charge is 0.487 e. The lowest BCUT2D eigenvalue weighted by molar-refractivity contribution is 0.0931. The number of ether oxygens (including phenoxy) is 1. The highest BCUT2D eigenvalue weighted by Crippen LogP contribution is 2.18. The van der Waals surface area contributed by atoms with Crippen molar-refractivity contribution in [2.24, 2.45) is 0 Å². The van der Waals surface area contributed by atoms with E-state index in [0.717, 1.165) is 11.3 Å². The van der Waals surface area contributed by atoms with Crippen LogP contribution in [0.4, 0.5) is 0 Å². The van der Waals surface area contributed by atoms with Crippen molar-refractivity contribution in [3.8, 4) is 5.75 Å². The van der Waals surface area contributed by atoms with E-state index in [9.17, 15) is 4.79 Å². The quantitative estimate of drug-likeness (QED) is 0.485. The van der Waals surface area contributed by atoms with E-state index in [1.807, 2.05) is 41.8 Å². The second kappa shape index (κ2) is 9.11. The molecule has 8 heteroatoms. The molecule has 0 saturated heterocycles. The minimum absolute atomic E-state index is 0.182. The molecule has 2 aromatic carbocycles. The molecule has 0 aliphatic rings. The highest BCUT2D eigenvalue weighted by molar-refractivity contribution is 7.07. The van der Waals surface area contributed by atoms with E-state index >= 15 is 0 Å². The highest BCUT2D eigenvalue weighted by Gasteiger charge is 2.17. The van der Waals surface area contributed by atoms with Crippen LogP contribution in [0.1, 0.15) is 27.7 Å². The summed E-state index contributed by atoms with van der Waals surface area (Å²) in [6.45, 7) is 0.850. The third-order valence-corrected chi connectivity index (χ3v) is 4.95. The van der Waals surface area contributed by atoms with Gasteiger partial charge in [0.05, 0.1) is 23.8 Å². The Balaban J connectivity index is 1.47. The predicted octanol–water partition coefficient (Wildman–Crippen LogP) is 3.48. The summed E-state index contributed by atoms with van der Waals surface area (Å²) in [5.74, 6) is 0.441. The van der Waals surface area contributed by atoms with Crippen LogP contribution < -0.4 is 10.1 Å². The molecule has 1 unspecified atom stereocenters. The molecule has 2 heterocycles. The molecule has 0 fully saturated rings. The molecular weight excluding hydrogens is 386 g/mol. The van der Waals surface area contributed by atoms with E-state index < -0.39 is 0 Å². The number of aromatic nitrogens is 4. The number of carbonyl (C=O) groups excluding carboxylic acids is 1. The minimum Gasteiger partial charge on any atom is -0.487 e. The average molecular weight is 405 g/mol. The summed E-state index contributed by atoms with van der Waals surface area (Å²) in [7, 11) is 0. The summed E-state index contributed by atoms with van der Waals surface area (Å²) in [5, 5.41) is 9.18. The Morgan fingerprint density at radius 3 is 2.83 bits per heavy atom. The number of rotatable bonds is 8. The summed E-state index contributed by atoms with van der Waals surface area (Å²) >= 11 is 1.52. The molecule has 4 rings (SSSR count). The molecule has 0 saturated carbocycles. The number of benzene rings is 2. The fourth-order valence-corrected chi connectivity index (χ4v) is 3.41. The number of nitrogens with zero attached hydrogens (tertiary/aromatic N) is 4. The van der Waals surface area contributed by atoms with E-state index in [4.69, 9.17) is 4.74 Å². The van der Waals surface area contributed by atoms with E-state index in [1.54, 1.807) is 34.7 Å². The maximum absolute atomic E-state index is 12.9. The fraction of sp³-hybridized carbons (Fsp3) is 0.143. The van der Waals surface area contributed by atoms with Gasteiger partial charge in [-0.05, 0) is 23.8 Å². The molecule has 0 spiro atoms. The minimum atomic E-state index is -0.245. The number of hydrogen-bond donors (Lipinski definition) is 1. The summed E-state index contributed by atoms with van der Waals surface area (Å²) in [6, 6.07) is 16.7. The molecule has 146 valence electrons. The van der Waals surface area contributed by atoms with Crippen molar-refractivity contribution in [1.29, 1.82) is 0 Å². The lowest BCUT2D eigenvalue weighted by Crippen LogP contribution is -2.31. The van der Waals surface area contributed by atoms with Crippen molar-refractivity contribution < 1.29 is 9.53 Å². The van der Waals surface area contributed by atoms with Crippen molar-refractivity contribution in [2.75, 3.05) is 0 Å². The first-order chi connectivity index (χ1) is 14.3. The summed E-state index contributed by atoms with van der Waals surface area (Å²) < 4.78 is 7.46. The molecule has 1 atom stereocenters. The van der Waals surface area contributed by atoms with Gasteiger partial charge in [-0.15, -0.1) is 11.3 Å².